The predicted molar refractivity (Wildman–Crippen MR) is 86.4 cm³/mol. The molecule has 0 spiro atoms. The molecule has 0 radical (unpaired) electrons. The summed E-state index contributed by atoms with van der Waals surface area (Å²) in [6.07, 6.45) is 1.80. The third-order valence-electron chi connectivity index (χ3n) is 3.61. The van der Waals surface area contributed by atoms with E-state index in [4.69, 9.17) is 0 Å². The molecule has 0 fully saturated rings. The van der Waals surface area contributed by atoms with Crippen LogP contribution in [0.5, 0.6) is 0 Å². The standard InChI is InChI=1S/C17H18N4/c1-4-18-16-11(2)12(3)20-17(21-16)14-9-5-7-13-8-6-10-19-15(13)14/h5-10H,4H2,1-3H3,(H,18,20,21). The van der Waals surface area contributed by atoms with E-state index in [2.05, 4.69) is 39.3 Å². The van der Waals surface area contributed by atoms with Gasteiger partial charge >= 0.3 is 0 Å². The Balaban J connectivity index is 2.23. The number of hydrogen-bond donors (Lipinski definition) is 1. The van der Waals surface area contributed by atoms with Gasteiger partial charge in [-0.3, -0.25) is 4.98 Å². The van der Waals surface area contributed by atoms with E-state index < -0.39 is 0 Å². The third-order valence-corrected chi connectivity index (χ3v) is 3.61. The van der Waals surface area contributed by atoms with E-state index in [-0.39, 0.29) is 0 Å². The first-order valence-corrected chi connectivity index (χ1v) is 7.14. The zero-order valence-electron chi connectivity index (χ0n) is 12.5. The molecule has 0 aliphatic heterocycles. The van der Waals surface area contributed by atoms with E-state index in [0.29, 0.717) is 0 Å². The Morgan fingerprint density at radius 2 is 1.86 bits per heavy atom. The second-order valence-electron chi connectivity index (χ2n) is 5.02. The van der Waals surface area contributed by atoms with Crippen molar-refractivity contribution in [3.63, 3.8) is 0 Å². The third kappa shape index (κ3) is 2.44. The highest BCUT2D eigenvalue weighted by Crippen LogP contribution is 2.27. The normalized spacial score (nSPS) is 10.8. The maximum absolute atomic E-state index is 4.68. The van der Waals surface area contributed by atoms with Gasteiger partial charge in [-0.1, -0.05) is 18.2 Å². The van der Waals surface area contributed by atoms with Gasteiger partial charge in [0.2, 0.25) is 0 Å². The lowest BCUT2D eigenvalue weighted by Crippen LogP contribution is -2.06. The van der Waals surface area contributed by atoms with E-state index in [1.807, 2.05) is 32.0 Å². The first-order chi connectivity index (χ1) is 10.2. The van der Waals surface area contributed by atoms with E-state index >= 15 is 0 Å². The van der Waals surface area contributed by atoms with Crippen LogP contribution in [-0.2, 0) is 0 Å². The van der Waals surface area contributed by atoms with Crippen LogP contribution < -0.4 is 5.32 Å². The summed E-state index contributed by atoms with van der Waals surface area (Å²) < 4.78 is 0. The number of nitrogens with zero attached hydrogens (tertiary/aromatic N) is 3. The number of rotatable bonds is 3. The molecule has 2 heterocycles. The summed E-state index contributed by atoms with van der Waals surface area (Å²) in [5.41, 5.74) is 3.98. The number of para-hydroxylation sites is 1. The van der Waals surface area contributed by atoms with Gasteiger partial charge in [-0.15, -0.1) is 0 Å². The van der Waals surface area contributed by atoms with Crippen molar-refractivity contribution in [2.24, 2.45) is 0 Å². The minimum absolute atomic E-state index is 0.721. The van der Waals surface area contributed by atoms with E-state index in [9.17, 15) is 0 Å². The second-order valence-corrected chi connectivity index (χ2v) is 5.02. The predicted octanol–water partition coefficient (Wildman–Crippen LogP) is 3.74. The molecule has 21 heavy (non-hydrogen) atoms. The Bertz CT molecular complexity index is 791. The van der Waals surface area contributed by atoms with Crippen LogP contribution in [-0.4, -0.2) is 21.5 Å². The Kier molecular flexibility index (Phi) is 3.52. The highest BCUT2D eigenvalue weighted by Gasteiger charge is 2.12. The van der Waals surface area contributed by atoms with Crippen molar-refractivity contribution in [1.82, 2.24) is 15.0 Å². The fourth-order valence-corrected chi connectivity index (χ4v) is 2.37. The molecule has 0 amide bonds. The van der Waals surface area contributed by atoms with Gasteiger partial charge in [0.25, 0.3) is 0 Å². The minimum atomic E-state index is 0.721. The van der Waals surface area contributed by atoms with E-state index in [1.54, 1.807) is 6.20 Å². The molecule has 0 aliphatic carbocycles. The van der Waals surface area contributed by atoms with Crippen LogP contribution in [0.25, 0.3) is 22.3 Å². The summed E-state index contributed by atoms with van der Waals surface area (Å²) >= 11 is 0. The van der Waals surface area contributed by atoms with Crippen LogP contribution >= 0.6 is 0 Å². The number of benzene rings is 1. The van der Waals surface area contributed by atoms with Crippen molar-refractivity contribution in [2.45, 2.75) is 20.8 Å². The molecule has 3 rings (SSSR count). The Labute approximate surface area is 124 Å². The highest BCUT2D eigenvalue weighted by atomic mass is 15.0. The average molecular weight is 278 g/mol. The number of aromatic nitrogens is 3. The number of nitrogens with one attached hydrogen (secondary N) is 1. The van der Waals surface area contributed by atoms with Crippen LogP contribution in [0, 0.1) is 13.8 Å². The average Bonchev–Trinajstić information content (AvgIpc) is 2.51. The van der Waals surface area contributed by atoms with Crippen LogP contribution in [0.2, 0.25) is 0 Å². The summed E-state index contributed by atoms with van der Waals surface area (Å²) in [7, 11) is 0. The molecule has 4 heteroatoms. The van der Waals surface area contributed by atoms with E-state index in [0.717, 1.165) is 45.9 Å². The quantitative estimate of drug-likeness (QED) is 0.793. The SMILES string of the molecule is CCNc1nc(-c2cccc3cccnc23)nc(C)c1C. The second kappa shape index (κ2) is 5.48. The molecule has 106 valence electrons. The number of aryl methyl sites for hydroxylation is 1. The molecule has 1 aromatic carbocycles. The molecular weight excluding hydrogens is 260 g/mol. The van der Waals surface area contributed by atoms with Gasteiger partial charge in [-0.25, -0.2) is 9.97 Å². The number of anilines is 1. The van der Waals surface area contributed by atoms with Crippen molar-refractivity contribution < 1.29 is 0 Å². The summed E-state index contributed by atoms with van der Waals surface area (Å²) in [5, 5.41) is 4.40. The highest BCUT2D eigenvalue weighted by molar-refractivity contribution is 5.91. The number of fused-ring (bicyclic) bond motifs is 1. The summed E-state index contributed by atoms with van der Waals surface area (Å²) in [6.45, 7) is 6.96. The van der Waals surface area contributed by atoms with Crippen molar-refractivity contribution in [3.8, 4) is 11.4 Å². The number of hydrogen-bond acceptors (Lipinski definition) is 4. The van der Waals surface area contributed by atoms with Crippen molar-refractivity contribution in [1.29, 1.82) is 0 Å². The minimum Gasteiger partial charge on any atom is -0.370 e. The lowest BCUT2D eigenvalue weighted by molar-refractivity contribution is 1.05. The monoisotopic (exact) mass is 278 g/mol. The lowest BCUT2D eigenvalue weighted by atomic mass is 10.1. The zero-order chi connectivity index (χ0) is 14.8. The first-order valence-electron chi connectivity index (χ1n) is 7.14. The van der Waals surface area contributed by atoms with Gasteiger partial charge < -0.3 is 5.32 Å². The Morgan fingerprint density at radius 3 is 2.67 bits per heavy atom. The zero-order valence-corrected chi connectivity index (χ0v) is 12.5. The smallest absolute Gasteiger partial charge is 0.163 e. The molecule has 4 nitrogen and oxygen atoms in total. The first kappa shape index (κ1) is 13.5. The van der Waals surface area contributed by atoms with Crippen LogP contribution in [0.1, 0.15) is 18.2 Å². The summed E-state index contributed by atoms with van der Waals surface area (Å²) in [4.78, 5) is 13.8. The van der Waals surface area contributed by atoms with Gasteiger partial charge in [0.05, 0.1) is 5.52 Å². The van der Waals surface area contributed by atoms with Crippen LogP contribution in [0.3, 0.4) is 0 Å². The molecule has 0 saturated heterocycles. The fraction of sp³-hybridized carbons (Fsp3) is 0.235. The Morgan fingerprint density at radius 1 is 1.05 bits per heavy atom. The van der Waals surface area contributed by atoms with Crippen molar-refractivity contribution >= 4 is 16.7 Å². The van der Waals surface area contributed by atoms with Gasteiger partial charge in [0.15, 0.2) is 5.82 Å². The topological polar surface area (TPSA) is 50.7 Å². The molecular formula is C17H18N4. The van der Waals surface area contributed by atoms with Gasteiger partial charge in [0.1, 0.15) is 5.82 Å². The van der Waals surface area contributed by atoms with Crippen molar-refractivity contribution in [3.05, 3.63) is 47.8 Å². The molecule has 1 N–H and O–H groups in total. The van der Waals surface area contributed by atoms with E-state index in [1.165, 1.54) is 0 Å². The van der Waals surface area contributed by atoms with Crippen LogP contribution in [0.15, 0.2) is 36.5 Å². The van der Waals surface area contributed by atoms with Gasteiger partial charge in [0, 0.05) is 34.9 Å². The molecule has 0 saturated carbocycles. The van der Waals surface area contributed by atoms with Gasteiger partial charge in [-0.05, 0) is 32.9 Å². The van der Waals surface area contributed by atoms with Gasteiger partial charge in [-0.2, -0.15) is 0 Å². The maximum atomic E-state index is 4.68. The van der Waals surface area contributed by atoms with Crippen LogP contribution in [0.4, 0.5) is 5.82 Å². The summed E-state index contributed by atoms with van der Waals surface area (Å²) in [5.74, 6) is 1.62. The molecule has 0 bridgehead atoms. The molecule has 3 aromatic rings. The molecule has 2 aromatic heterocycles. The lowest BCUT2D eigenvalue weighted by Gasteiger charge is -2.12. The number of pyridine rings is 1. The fourth-order valence-electron chi connectivity index (χ4n) is 2.37. The Hall–Kier alpha value is -2.49. The largest absolute Gasteiger partial charge is 0.370 e. The molecule has 0 unspecified atom stereocenters. The maximum Gasteiger partial charge on any atom is 0.163 e. The molecule has 0 atom stereocenters. The van der Waals surface area contributed by atoms with Crippen molar-refractivity contribution in [2.75, 3.05) is 11.9 Å². The summed E-state index contributed by atoms with van der Waals surface area (Å²) in [6, 6.07) is 10.1. The molecule has 0 aliphatic rings.